The summed E-state index contributed by atoms with van der Waals surface area (Å²) in [6, 6.07) is 3.92. The fraction of sp³-hybridized carbons (Fsp3) is 0.538. The van der Waals surface area contributed by atoms with Gasteiger partial charge in [0.2, 0.25) is 0 Å². The summed E-state index contributed by atoms with van der Waals surface area (Å²) in [5.41, 5.74) is 2.02. The Morgan fingerprint density at radius 2 is 1.88 bits per heavy atom. The number of hydrogen-bond acceptors (Lipinski definition) is 4. The van der Waals surface area contributed by atoms with Crippen molar-refractivity contribution in [3.8, 4) is 11.5 Å². The molecule has 0 aromatic heterocycles. The molecule has 1 unspecified atom stereocenters. The van der Waals surface area contributed by atoms with Gasteiger partial charge in [-0.2, -0.15) is 0 Å². The molecule has 0 bridgehead atoms. The molecule has 0 heterocycles. The Labute approximate surface area is 103 Å². The first kappa shape index (κ1) is 13.8. The van der Waals surface area contributed by atoms with Crippen LogP contribution in [0.5, 0.6) is 11.5 Å². The van der Waals surface area contributed by atoms with E-state index >= 15 is 0 Å². The lowest BCUT2D eigenvalue weighted by Gasteiger charge is -2.20. The molecule has 0 spiro atoms. The molecule has 1 aromatic rings. The maximum absolute atomic E-state index is 5.46. The van der Waals surface area contributed by atoms with Crippen LogP contribution >= 0.6 is 0 Å². The quantitative estimate of drug-likeness (QED) is 0.823. The molecule has 0 aliphatic heterocycles. The molecule has 0 radical (unpaired) electrons. The van der Waals surface area contributed by atoms with E-state index in [1.54, 1.807) is 21.3 Å². The Kier molecular flexibility index (Phi) is 5.25. The van der Waals surface area contributed by atoms with E-state index in [1.807, 2.05) is 26.1 Å². The molecular formula is C13H21NO3. The molecule has 1 rings (SSSR count). The zero-order chi connectivity index (χ0) is 12.8. The Morgan fingerprint density at radius 1 is 1.18 bits per heavy atom. The Balaban J connectivity index is 3.18. The zero-order valence-electron chi connectivity index (χ0n) is 11.2. The first-order valence-electron chi connectivity index (χ1n) is 5.58. The highest BCUT2D eigenvalue weighted by Crippen LogP contribution is 2.35. The molecule has 0 fully saturated rings. The van der Waals surface area contributed by atoms with E-state index in [9.17, 15) is 0 Å². The van der Waals surface area contributed by atoms with Gasteiger partial charge in [-0.05, 0) is 26.1 Å². The first-order chi connectivity index (χ1) is 8.19. The fourth-order valence-electron chi connectivity index (χ4n) is 1.95. The third-order valence-electron chi connectivity index (χ3n) is 2.83. The van der Waals surface area contributed by atoms with E-state index < -0.39 is 0 Å². The van der Waals surface area contributed by atoms with Crippen LogP contribution < -0.4 is 14.8 Å². The van der Waals surface area contributed by atoms with Gasteiger partial charge >= 0.3 is 0 Å². The maximum Gasteiger partial charge on any atom is 0.131 e. The second-order valence-electron chi connectivity index (χ2n) is 3.80. The van der Waals surface area contributed by atoms with Gasteiger partial charge in [0.05, 0.1) is 20.3 Å². The molecular weight excluding hydrogens is 218 g/mol. The van der Waals surface area contributed by atoms with Crippen molar-refractivity contribution in [1.29, 1.82) is 0 Å². The van der Waals surface area contributed by atoms with Crippen LogP contribution in [0.1, 0.15) is 17.2 Å². The molecule has 0 aliphatic rings. The monoisotopic (exact) mass is 239 g/mol. The number of hydrogen-bond donors (Lipinski definition) is 1. The number of methoxy groups -OCH3 is 3. The molecule has 1 aromatic carbocycles. The summed E-state index contributed by atoms with van der Waals surface area (Å²) >= 11 is 0. The second kappa shape index (κ2) is 6.47. The summed E-state index contributed by atoms with van der Waals surface area (Å²) in [5.74, 6) is 1.65. The fourth-order valence-corrected chi connectivity index (χ4v) is 1.95. The Bertz CT molecular complexity index is 366. The van der Waals surface area contributed by atoms with Gasteiger partial charge in [0, 0.05) is 24.8 Å². The van der Waals surface area contributed by atoms with Gasteiger partial charge in [-0.1, -0.05) is 0 Å². The van der Waals surface area contributed by atoms with Gasteiger partial charge in [-0.3, -0.25) is 0 Å². The van der Waals surface area contributed by atoms with Crippen LogP contribution in [-0.4, -0.2) is 34.9 Å². The van der Waals surface area contributed by atoms with Gasteiger partial charge in [0.15, 0.2) is 0 Å². The molecule has 0 saturated carbocycles. The minimum Gasteiger partial charge on any atom is -0.496 e. The van der Waals surface area contributed by atoms with E-state index in [4.69, 9.17) is 14.2 Å². The summed E-state index contributed by atoms with van der Waals surface area (Å²) in [4.78, 5) is 0. The van der Waals surface area contributed by atoms with Crippen molar-refractivity contribution >= 4 is 0 Å². The van der Waals surface area contributed by atoms with Gasteiger partial charge in [-0.25, -0.2) is 0 Å². The summed E-state index contributed by atoms with van der Waals surface area (Å²) < 4.78 is 16.2. The van der Waals surface area contributed by atoms with Crippen molar-refractivity contribution < 1.29 is 14.2 Å². The van der Waals surface area contributed by atoms with E-state index in [2.05, 4.69) is 5.32 Å². The molecule has 1 N–H and O–H groups in total. The molecule has 1 atom stereocenters. The van der Waals surface area contributed by atoms with Gasteiger partial charge in [-0.15, -0.1) is 0 Å². The number of nitrogens with one attached hydrogen (secondary N) is 1. The molecule has 4 heteroatoms. The highest BCUT2D eigenvalue weighted by molar-refractivity contribution is 5.50. The minimum absolute atomic E-state index is 0.0282. The van der Waals surface area contributed by atoms with Gasteiger partial charge < -0.3 is 19.5 Å². The normalized spacial score (nSPS) is 12.3. The Morgan fingerprint density at radius 3 is 2.35 bits per heavy atom. The Hall–Kier alpha value is -1.26. The van der Waals surface area contributed by atoms with Crippen LogP contribution in [0.25, 0.3) is 0 Å². The zero-order valence-corrected chi connectivity index (χ0v) is 11.2. The van der Waals surface area contributed by atoms with Crippen molar-refractivity contribution in [2.75, 3.05) is 34.9 Å². The lowest BCUT2D eigenvalue weighted by molar-refractivity contribution is 0.102. The van der Waals surface area contributed by atoms with Crippen LogP contribution in [0, 0.1) is 6.92 Å². The molecule has 0 saturated heterocycles. The third kappa shape index (κ3) is 2.90. The van der Waals surface area contributed by atoms with Crippen LogP contribution in [0.15, 0.2) is 12.1 Å². The summed E-state index contributed by atoms with van der Waals surface area (Å²) in [6.45, 7) is 2.71. The van der Waals surface area contributed by atoms with Crippen molar-refractivity contribution in [1.82, 2.24) is 5.32 Å². The van der Waals surface area contributed by atoms with Crippen molar-refractivity contribution in [3.05, 3.63) is 23.3 Å². The van der Waals surface area contributed by atoms with Crippen LogP contribution in [-0.2, 0) is 4.74 Å². The summed E-state index contributed by atoms with van der Waals surface area (Å²) in [7, 11) is 6.91. The number of likely N-dealkylation sites (N-methyl/N-ethyl adjacent to an activating group) is 1. The van der Waals surface area contributed by atoms with E-state index in [-0.39, 0.29) is 6.10 Å². The summed E-state index contributed by atoms with van der Waals surface area (Å²) in [6.07, 6.45) is -0.0282. The topological polar surface area (TPSA) is 39.7 Å². The largest absolute Gasteiger partial charge is 0.496 e. The number of ether oxygens (including phenoxy) is 3. The maximum atomic E-state index is 5.46. The van der Waals surface area contributed by atoms with Crippen LogP contribution in [0.4, 0.5) is 0 Å². The predicted octanol–water partition coefficient (Wildman–Crippen LogP) is 1.92. The third-order valence-corrected chi connectivity index (χ3v) is 2.83. The molecule has 96 valence electrons. The van der Waals surface area contributed by atoms with Crippen molar-refractivity contribution in [2.24, 2.45) is 0 Å². The second-order valence-corrected chi connectivity index (χ2v) is 3.80. The lowest BCUT2D eigenvalue weighted by Crippen LogP contribution is -2.19. The molecule has 0 aliphatic carbocycles. The molecule has 0 amide bonds. The highest BCUT2D eigenvalue weighted by Gasteiger charge is 2.18. The van der Waals surface area contributed by atoms with Crippen molar-refractivity contribution in [3.63, 3.8) is 0 Å². The molecule has 17 heavy (non-hydrogen) atoms. The van der Waals surface area contributed by atoms with Crippen LogP contribution in [0.3, 0.4) is 0 Å². The average molecular weight is 239 g/mol. The minimum atomic E-state index is -0.0282. The first-order valence-corrected chi connectivity index (χ1v) is 5.58. The van der Waals surface area contributed by atoms with E-state index in [0.717, 1.165) is 29.2 Å². The average Bonchev–Trinajstić information content (AvgIpc) is 2.35. The SMILES string of the molecule is CNCC(OC)c1ccc(OC)c(C)c1OC. The molecule has 4 nitrogen and oxygen atoms in total. The number of rotatable bonds is 6. The highest BCUT2D eigenvalue weighted by atomic mass is 16.5. The predicted molar refractivity (Wildman–Crippen MR) is 68.0 cm³/mol. The number of benzene rings is 1. The lowest BCUT2D eigenvalue weighted by atomic mass is 10.0. The van der Waals surface area contributed by atoms with E-state index in [1.165, 1.54) is 0 Å². The van der Waals surface area contributed by atoms with Crippen LogP contribution in [0.2, 0.25) is 0 Å². The van der Waals surface area contributed by atoms with Gasteiger partial charge in [0.25, 0.3) is 0 Å². The van der Waals surface area contributed by atoms with Gasteiger partial charge in [0.1, 0.15) is 11.5 Å². The summed E-state index contributed by atoms with van der Waals surface area (Å²) in [5, 5.41) is 3.10. The van der Waals surface area contributed by atoms with Crippen molar-refractivity contribution in [2.45, 2.75) is 13.0 Å². The standard InChI is InChI=1S/C13H21NO3/c1-9-11(15-3)7-6-10(13(9)17-5)12(16-4)8-14-2/h6-7,12,14H,8H2,1-5H3. The smallest absolute Gasteiger partial charge is 0.131 e. The van der Waals surface area contributed by atoms with E-state index in [0.29, 0.717) is 0 Å².